The van der Waals surface area contributed by atoms with Crippen LogP contribution in [0.5, 0.6) is 0 Å². The molecule has 1 aromatic carbocycles. The summed E-state index contributed by atoms with van der Waals surface area (Å²) in [5.41, 5.74) is 1.06. The third kappa shape index (κ3) is 4.67. The van der Waals surface area contributed by atoms with Gasteiger partial charge in [0, 0.05) is 31.9 Å². The van der Waals surface area contributed by atoms with Crippen LogP contribution < -0.4 is 4.90 Å². The number of alkyl halides is 3. The highest BCUT2D eigenvalue weighted by molar-refractivity contribution is 5.98. The lowest BCUT2D eigenvalue weighted by Crippen LogP contribution is -2.40. The minimum atomic E-state index is -4.49. The summed E-state index contributed by atoms with van der Waals surface area (Å²) in [7, 11) is 0. The second-order valence-corrected chi connectivity index (χ2v) is 8.13. The second kappa shape index (κ2) is 8.80. The van der Waals surface area contributed by atoms with Crippen LogP contribution in [0.25, 0.3) is 5.69 Å². The van der Waals surface area contributed by atoms with Gasteiger partial charge in [-0.3, -0.25) is 4.79 Å². The number of halogens is 3. The van der Waals surface area contributed by atoms with Gasteiger partial charge in [0.1, 0.15) is 0 Å². The van der Waals surface area contributed by atoms with Gasteiger partial charge in [-0.1, -0.05) is 11.6 Å². The summed E-state index contributed by atoms with van der Waals surface area (Å²) in [6.45, 7) is 6.51. The Hall–Kier alpha value is -3.50. The Bertz CT molecular complexity index is 1150. The first-order valence-corrected chi connectivity index (χ1v) is 10.6. The van der Waals surface area contributed by atoms with E-state index >= 15 is 0 Å². The van der Waals surface area contributed by atoms with Crippen molar-refractivity contribution in [1.29, 1.82) is 0 Å². The third-order valence-corrected chi connectivity index (χ3v) is 5.79. The van der Waals surface area contributed by atoms with Crippen LogP contribution in [0.3, 0.4) is 0 Å². The summed E-state index contributed by atoms with van der Waals surface area (Å²) < 4.78 is 39.2. The molecule has 1 unspecified atom stereocenters. The highest BCUT2D eigenvalue weighted by Crippen LogP contribution is 2.31. The van der Waals surface area contributed by atoms with E-state index in [4.69, 9.17) is 0 Å². The Kier molecular flexibility index (Phi) is 6.05. The smallest absolute Gasteiger partial charge is 0.339 e. The molecule has 33 heavy (non-hydrogen) atoms. The van der Waals surface area contributed by atoms with Gasteiger partial charge in [-0.2, -0.15) is 28.2 Å². The van der Waals surface area contributed by atoms with Crippen LogP contribution in [-0.4, -0.2) is 61.4 Å². The minimum Gasteiger partial charge on any atom is -0.339 e. The fourth-order valence-electron chi connectivity index (χ4n) is 3.94. The highest BCUT2D eigenvalue weighted by atomic mass is 19.4. The van der Waals surface area contributed by atoms with E-state index in [1.54, 1.807) is 17.3 Å². The first-order chi connectivity index (χ1) is 15.6. The first kappa shape index (κ1) is 22.7. The Morgan fingerprint density at radius 1 is 1.09 bits per heavy atom. The van der Waals surface area contributed by atoms with Gasteiger partial charge in [-0.05, 0) is 39.3 Å². The molecule has 0 saturated carbocycles. The normalized spacial score (nSPS) is 17.2. The van der Waals surface area contributed by atoms with Crippen LogP contribution in [0, 0.1) is 13.8 Å². The molecule has 0 radical (unpaired) electrons. The van der Waals surface area contributed by atoms with Crippen molar-refractivity contribution >= 4 is 11.9 Å². The van der Waals surface area contributed by atoms with Crippen LogP contribution in [0.1, 0.15) is 40.5 Å². The summed E-state index contributed by atoms with van der Waals surface area (Å²) in [5.74, 6) is 0.0869. The largest absolute Gasteiger partial charge is 0.419 e. The number of anilines is 1. The minimum absolute atomic E-state index is 0.0861. The Labute approximate surface area is 189 Å². The molecule has 4 rings (SSSR count). The number of aryl methyl sites for hydroxylation is 2. The Balaban J connectivity index is 1.57. The van der Waals surface area contributed by atoms with Gasteiger partial charge >= 0.3 is 6.18 Å². The lowest BCUT2D eigenvalue weighted by Gasteiger charge is -2.27. The van der Waals surface area contributed by atoms with E-state index in [1.165, 1.54) is 11.7 Å². The van der Waals surface area contributed by atoms with Crippen molar-refractivity contribution in [2.45, 2.75) is 39.4 Å². The van der Waals surface area contributed by atoms with Crippen LogP contribution in [0.2, 0.25) is 0 Å². The predicted octanol–water partition coefficient (Wildman–Crippen LogP) is 3.43. The Morgan fingerprint density at radius 2 is 1.82 bits per heavy atom. The molecule has 0 N–H and O–H groups in total. The molecule has 1 saturated heterocycles. The van der Waals surface area contributed by atoms with Crippen molar-refractivity contribution in [2.75, 3.05) is 24.5 Å². The van der Waals surface area contributed by atoms with Crippen molar-refractivity contribution < 1.29 is 18.0 Å². The number of nitrogens with zero attached hydrogens (tertiary/aromatic N) is 7. The van der Waals surface area contributed by atoms with Crippen LogP contribution in [-0.2, 0) is 6.18 Å². The maximum absolute atomic E-state index is 13.6. The van der Waals surface area contributed by atoms with Crippen molar-refractivity contribution in [3.8, 4) is 5.69 Å². The van der Waals surface area contributed by atoms with Crippen molar-refractivity contribution in [2.24, 2.45) is 0 Å². The van der Waals surface area contributed by atoms with Gasteiger partial charge < -0.3 is 9.80 Å². The molecule has 8 nitrogen and oxygen atoms in total. The summed E-state index contributed by atoms with van der Waals surface area (Å²) in [6, 6.07) is 5.44. The lowest BCUT2D eigenvalue weighted by atomic mass is 10.1. The molecule has 1 aliphatic heterocycles. The molecular weight excluding hydrogens is 435 g/mol. The molecule has 174 valence electrons. The summed E-state index contributed by atoms with van der Waals surface area (Å²) in [4.78, 5) is 26.6. The number of benzene rings is 1. The topological polar surface area (TPSA) is 80.0 Å². The average molecular weight is 459 g/mol. The highest BCUT2D eigenvalue weighted by Gasteiger charge is 2.34. The van der Waals surface area contributed by atoms with Gasteiger partial charge in [0.2, 0.25) is 5.95 Å². The Morgan fingerprint density at radius 3 is 2.48 bits per heavy atom. The SMILES string of the molecule is Cc1ccc(-n2nccn2)c(C(=O)N2CCN(c3ncc(C(F)(F)F)c(C)n3)CCC2C)c1. The van der Waals surface area contributed by atoms with Crippen LogP contribution in [0.4, 0.5) is 19.1 Å². The zero-order valence-electron chi connectivity index (χ0n) is 18.5. The number of rotatable bonds is 3. The van der Waals surface area contributed by atoms with Crippen LogP contribution in [0.15, 0.2) is 36.8 Å². The molecule has 1 fully saturated rings. The monoisotopic (exact) mass is 459 g/mol. The van der Waals surface area contributed by atoms with Crippen LogP contribution >= 0.6 is 0 Å². The zero-order valence-corrected chi connectivity index (χ0v) is 18.5. The van der Waals surface area contributed by atoms with E-state index in [1.807, 2.05) is 36.9 Å². The molecule has 1 amide bonds. The summed E-state index contributed by atoms with van der Waals surface area (Å²) in [6.07, 6.45) is 0.0502. The molecule has 1 aliphatic rings. The van der Waals surface area contributed by atoms with E-state index in [2.05, 4.69) is 20.2 Å². The van der Waals surface area contributed by atoms with E-state index in [0.29, 0.717) is 37.3 Å². The fraction of sp³-hybridized carbons (Fsp3) is 0.409. The zero-order chi connectivity index (χ0) is 23.8. The number of carbonyl (C=O) groups excluding carboxylic acids is 1. The van der Waals surface area contributed by atoms with E-state index < -0.39 is 11.7 Å². The molecule has 2 aromatic heterocycles. The molecule has 0 spiro atoms. The summed E-state index contributed by atoms with van der Waals surface area (Å²) in [5, 5.41) is 8.31. The average Bonchev–Trinajstić information content (AvgIpc) is 3.22. The number of hydrogen-bond donors (Lipinski definition) is 0. The molecule has 0 aliphatic carbocycles. The predicted molar refractivity (Wildman–Crippen MR) is 115 cm³/mol. The molecule has 1 atom stereocenters. The first-order valence-electron chi connectivity index (χ1n) is 10.6. The van der Waals surface area contributed by atoms with E-state index in [-0.39, 0.29) is 23.6 Å². The third-order valence-electron chi connectivity index (χ3n) is 5.79. The van der Waals surface area contributed by atoms with Crippen molar-refractivity contribution in [3.63, 3.8) is 0 Å². The second-order valence-electron chi connectivity index (χ2n) is 8.13. The lowest BCUT2D eigenvalue weighted by molar-refractivity contribution is -0.138. The van der Waals surface area contributed by atoms with Crippen molar-refractivity contribution in [3.05, 3.63) is 59.2 Å². The fourth-order valence-corrected chi connectivity index (χ4v) is 3.94. The van der Waals surface area contributed by atoms with Gasteiger partial charge in [0.25, 0.3) is 5.91 Å². The molecule has 11 heteroatoms. The number of amides is 1. The number of carbonyl (C=O) groups is 1. The molecule has 3 aromatic rings. The van der Waals surface area contributed by atoms with Gasteiger partial charge in [0.05, 0.1) is 34.9 Å². The van der Waals surface area contributed by atoms with E-state index in [9.17, 15) is 18.0 Å². The van der Waals surface area contributed by atoms with Gasteiger partial charge in [-0.25, -0.2) is 9.97 Å². The van der Waals surface area contributed by atoms with E-state index in [0.717, 1.165) is 11.8 Å². The maximum Gasteiger partial charge on any atom is 0.419 e. The van der Waals surface area contributed by atoms with Gasteiger partial charge in [0.15, 0.2) is 0 Å². The molecular formula is C22H24F3N7O. The quantitative estimate of drug-likeness (QED) is 0.597. The standard InChI is InChI=1S/C22H24F3N7O/c1-14-4-5-19(32-27-7-8-28-32)17(12-14)20(33)31-11-10-30(9-6-15(31)2)21-26-13-18(16(3)29-21)22(23,24)25/h4-5,7-8,12-13,15H,6,9-11H2,1-3H3. The maximum atomic E-state index is 13.6. The summed E-state index contributed by atoms with van der Waals surface area (Å²) >= 11 is 0. The van der Waals surface area contributed by atoms with Crippen molar-refractivity contribution in [1.82, 2.24) is 29.9 Å². The number of aromatic nitrogens is 5. The van der Waals surface area contributed by atoms with Gasteiger partial charge in [-0.15, -0.1) is 0 Å². The molecule has 0 bridgehead atoms. The number of hydrogen-bond acceptors (Lipinski definition) is 6. The molecule has 3 heterocycles.